The number of amides is 3. The summed E-state index contributed by atoms with van der Waals surface area (Å²) in [6.45, 7) is -1.50. The molecule has 86 heavy (non-hydrogen) atoms. The van der Waals surface area contributed by atoms with E-state index in [4.69, 9.17) is 61.6 Å². The average Bonchev–Trinajstić information content (AvgIpc) is 1.11. The molecule has 7 heterocycles. The molecule has 0 aromatic carbocycles. The Kier molecular flexibility index (Phi) is 25.0. The quantitative estimate of drug-likeness (QED) is 0.0507. The van der Waals surface area contributed by atoms with Gasteiger partial charge in [0.1, 0.15) is 165 Å². The molecule has 7 fully saturated rings. The number of carbonyl (C=O) groups excluding carboxylic acids is 3. The Morgan fingerprint density at radius 2 is 0.709 bits per heavy atom. The summed E-state index contributed by atoms with van der Waals surface area (Å²) in [6, 6.07) is -5.26. The number of rotatable bonds is 21. The summed E-state index contributed by atoms with van der Waals surface area (Å²) in [5, 5.41) is 213. The second-order valence-corrected chi connectivity index (χ2v) is 21.8. The summed E-state index contributed by atoms with van der Waals surface area (Å²) in [4.78, 5) is 38.0. The Hall–Kier alpha value is -2.87. The van der Waals surface area contributed by atoms with E-state index < -0.39 is 272 Å². The van der Waals surface area contributed by atoms with E-state index in [9.17, 15) is 111 Å². The van der Waals surface area contributed by atoms with Crippen molar-refractivity contribution in [2.45, 2.75) is 242 Å². The third kappa shape index (κ3) is 15.4. The van der Waals surface area contributed by atoms with Crippen molar-refractivity contribution in [3.05, 3.63) is 0 Å². The molecule has 22 N–H and O–H groups in total. The highest BCUT2D eigenvalue weighted by Crippen LogP contribution is 2.37. The molecule has 0 bridgehead atoms. The molecule has 38 nitrogen and oxygen atoms in total. The standard InChI is InChI=1S/C48H81N3O35/c1-11-24(60)31(67)34(70)45(75-11)86-41-33(69)26(62)16(6-53)80-48(41)84-39-23(51-14(4)59)44(77-17(7-54)27(39)63)85-40-28(64)18(8-55)79-47(36(40)72)83-38-22(50-13(3)58)42(73)76-20(29(38)65)10-74-43-21(49-12(2)57)30(66)37(19(9-56)81-43)82-46-35(71)32(68)25(61)15(5-52)78-46/h11,15-48,52-56,60-73H,5-10H2,1-4H3,(H,49,57)(H,50,58)(H,51,59)/t11-,15+,16+,17+,18+,19+,20+,21+,22+,23+,24+,25-,26-,27+,28-,29-,30+,31+,32-,33-,34-,35+,36+,37+,38+,39+,40-,41+,42?,43+,44-,45-,46-,47-,48-/m0/s1. The van der Waals surface area contributed by atoms with E-state index in [1.807, 2.05) is 0 Å². The first-order valence-electron chi connectivity index (χ1n) is 27.5. The highest BCUT2D eigenvalue weighted by atomic mass is 16.8. The van der Waals surface area contributed by atoms with Gasteiger partial charge in [-0.05, 0) is 6.92 Å². The van der Waals surface area contributed by atoms with E-state index in [-0.39, 0.29) is 0 Å². The normalized spacial score (nSPS) is 49.4. The molecule has 3 amide bonds. The maximum Gasteiger partial charge on any atom is 0.217 e. The SMILES string of the molecule is CC(=O)N[C@H]1[C@H](OC[C@H]2OC(O)[C@H](NC(C)=O)[C@@H](O[C@@H]3O[C@H](CO)[C@H](O)[C@H](O[C@@H]4O[C@H](CO)[C@@H](O)[C@H](O[C@@H]5O[C@H](CO)[C@H](O)[C@H](O)[C@H]5O[C@@H]5O[C@@H](C)[C@@H](O)[C@@H](O)[C@@H]5O)[C@H]4NC(C)=O)[C@H]3O)[C@H]2O)O[C@H](CO)[C@@H](O[C@@H]2O[C@H](CO)[C@H](O)[C@H](O)[C@H]2O)[C@@H]1O. The molecule has 7 rings (SSSR count). The molecule has 35 atom stereocenters. The van der Waals surface area contributed by atoms with Crippen molar-refractivity contribution < 1.29 is 173 Å². The minimum atomic E-state index is -2.31. The molecule has 7 aliphatic heterocycles. The van der Waals surface area contributed by atoms with Crippen LogP contribution in [0, 0.1) is 0 Å². The lowest BCUT2D eigenvalue weighted by Gasteiger charge is -2.51. The number of aliphatic hydroxyl groups excluding tert-OH is 19. The Morgan fingerprint density at radius 3 is 1.27 bits per heavy atom. The number of aliphatic hydroxyl groups is 19. The van der Waals surface area contributed by atoms with Crippen molar-refractivity contribution in [1.82, 2.24) is 16.0 Å². The van der Waals surface area contributed by atoms with E-state index in [0.717, 1.165) is 20.8 Å². The number of hydrogen-bond donors (Lipinski definition) is 22. The first-order valence-corrected chi connectivity index (χ1v) is 27.5. The van der Waals surface area contributed by atoms with Crippen molar-refractivity contribution in [2.24, 2.45) is 0 Å². The predicted molar refractivity (Wildman–Crippen MR) is 265 cm³/mol. The second-order valence-electron chi connectivity index (χ2n) is 21.8. The predicted octanol–water partition coefficient (Wildman–Crippen LogP) is -14.8. The van der Waals surface area contributed by atoms with Crippen LogP contribution in [0.5, 0.6) is 0 Å². The zero-order chi connectivity index (χ0) is 63.5. The van der Waals surface area contributed by atoms with Gasteiger partial charge in [0.25, 0.3) is 0 Å². The van der Waals surface area contributed by atoms with E-state index in [1.54, 1.807) is 0 Å². The Bertz CT molecular complexity index is 2170. The van der Waals surface area contributed by atoms with Crippen LogP contribution >= 0.6 is 0 Å². The number of ether oxygens (including phenoxy) is 13. The topological polar surface area (TPSA) is 592 Å². The third-order valence-corrected chi connectivity index (χ3v) is 15.7. The first kappa shape index (κ1) is 70.6. The van der Waals surface area contributed by atoms with Crippen LogP contribution in [0.25, 0.3) is 0 Å². The molecule has 38 heteroatoms. The fourth-order valence-corrected chi connectivity index (χ4v) is 11.0. The highest BCUT2D eigenvalue weighted by molar-refractivity contribution is 5.74. The van der Waals surface area contributed by atoms with Gasteiger partial charge in [-0.2, -0.15) is 0 Å². The number of nitrogens with one attached hydrogen (secondary N) is 3. The molecule has 7 saturated heterocycles. The molecular weight excluding hydrogens is 1180 g/mol. The van der Waals surface area contributed by atoms with Gasteiger partial charge in [-0.15, -0.1) is 0 Å². The van der Waals surface area contributed by atoms with Crippen LogP contribution in [0.1, 0.15) is 27.7 Å². The molecule has 1 unspecified atom stereocenters. The summed E-state index contributed by atoms with van der Waals surface area (Å²) in [5.41, 5.74) is 0. The summed E-state index contributed by atoms with van der Waals surface area (Å²) < 4.78 is 75.3. The van der Waals surface area contributed by atoms with Crippen molar-refractivity contribution in [1.29, 1.82) is 0 Å². The monoisotopic (exact) mass is 1260 g/mol. The Balaban J connectivity index is 1.11. The van der Waals surface area contributed by atoms with Crippen LogP contribution in [0.2, 0.25) is 0 Å². The van der Waals surface area contributed by atoms with E-state index >= 15 is 0 Å². The van der Waals surface area contributed by atoms with Crippen molar-refractivity contribution in [3.63, 3.8) is 0 Å². The third-order valence-electron chi connectivity index (χ3n) is 15.7. The fraction of sp³-hybridized carbons (Fsp3) is 0.938. The van der Waals surface area contributed by atoms with Crippen molar-refractivity contribution in [2.75, 3.05) is 39.6 Å². The highest BCUT2D eigenvalue weighted by Gasteiger charge is 2.59. The zero-order valence-corrected chi connectivity index (χ0v) is 46.5. The Morgan fingerprint density at radius 1 is 0.326 bits per heavy atom. The maximum absolute atomic E-state index is 12.9. The molecule has 0 saturated carbocycles. The lowest BCUT2D eigenvalue weighted by molar-refractivity contribution is -0.388. The molecule has 7 aliphatic rings. The number of hydrogen-bond acceptors (Lipinski definition) is 35. The van der Waals surface area contributed by atoms with Gasteiger partial charge < -0.3 is 175 Å². The second kappa shape index (κ2) is 30.5. The van der Waals surface area contributed by atoms with Gasteiger partial charge in [0, 0.05) is 20.8 Å². The van der Waals surface area contributed by atoms with E-state index in [2.05, 4.69) is 16.0 Å². The lowest BCUT2D eigenvalue weighted by Crippen LogP contribution is -2.71. The summed E-state index contributed by atoms with van der Waals surface area (Å²) in [7, 11) is 0. The van der Waals surface area contributed by atoms with Crippen LogP contribution in [-0.4, -0.2) is 369 Å². The largest absolute Gasteiger partial charge is 0.394 e. The molecule has 0 radical (unpaired) electrons. The average molecular weight is 1260 g/mol. The molecule has 498 valence electrons. The molecular formula is C48H81N3O35. The van der Waals surface area contributed by atoms with Crippen LogP contribution < -0.4 is 16.0 Å². The molecule has 0 aliphatic carbocycles. The van der Waals surface area contributed by atoms with Gasteiger partial charge in [0.15, 0.2) is 44.0 Å². The van der Waals surface area contributed by atoms with Gasteiger partial charge in [0.2, 0.25) is 17.7 Å². The van der Waals surface area contributed by atoms with Crippen LogP contribution in [0.15, 0.2) is 0 Å². The van der Waals surface area contributed by atoms with Crippen LogP contribution in [-0.2, 0) is 76.0 Å². The summed E-state index contributed by atoms with van der Waals surface area (Å²) >= 11 is 0. The fourth-order valence-electron chi connectivity index (χ4n) is 11.0. The van der Waals surface area contributed by atoms with Crippen LogP contribution in [0.3, 0.4) is 0 Å². The van der Waals surface area contributed by atoms with Gasteiger partial charge in [-0.1, -0.05) is 0 Å². The molecule has 0 aromatic rings. The van der Waals surface area contributed by atoms with Gasteiger partial charge in [-0.25, -0.2) is 0 Å². The smallest absolute Gasteiger partial charge is 0.217 e. The minimum Gasteiger partial charge on any atom is -0.394 e. The van der Waals surface area contributed by atoms with Gasteiger partial charge in [0.05, 0.1) is 45.7 Å². The van der Waals surface area contributed by atoms with Crippen LogP contribution in [0.4, 0.5) is 0 Å². The maximum atomic E-state index is 12.9. The summed E-state index contributed by atoms with van der Waals surface area (Å²) in [6.07, 6.45) is -60.6. The number of carbonyl (C=O) groups is 3. The van der Waals surface area contributed by atoms with E-state index in [1.165, 1.54) is 6.92 Å². The van der Waals surface area contributed by atoms with E-state index in [0.29, 0.717) is 0 Å². The first-order chi connectivity index (χ1) is 40.6. The van der Waals surface area contributed by atoms with Crippen molar-refractivity contribution in [3.8, 4) is 0 Å². The Labute approximate surface area is 488 Å². The lowest BCUT2D eigenvalue weighted by atomic mass is 9.94. The zero-order valence-electron chi connectivity index (χ0n) is 46.5. The van der Waals surface area contributed by atoms with Gasteiger partial charge >= 0.3 is 0 Å². The molecule has 0 spiro atoms. The molecule has 0 aromatic heterocycles. The summed E-state index contributed by atoms with van der Waals surface area (Å²) in [5.74, 6) is -2.54. The van der Waals surface area contributed by atoms with Crippen molar-refractivity contribution >= 4 is 17.7 Å². The minimum absolute atomic E-state index is 0.795. The van der Waals surface area contributed by atoms with Gasteiger partial charge in [-0.3, -0.25) is 14.4 Å².